The molecule has 18 heavy (non-hydrogen) atoms. The van der Waals surface area contributed by atoms with Gasteiger partial charge in [0, 0.05) is 17.0 Å². The number of rotatable bonds is 6. The zero-order valence-electron chi connectivity index (χ0n) is 10.7. The van der Waals surface area contributed by atoms with Gasteiger partial charge in [-0.3, -0.25) is 4.79 Å². The van der Waals surface area contributed by atoms with Gasteiger partial charge in [0.1, 0.15) is 5.82 Å². The number of anilines is 1. The van der Waals surface area contributed by atoms with Crippen molar-refractivity contribution in [2.45, 2.75) is 25.1 Å². The van der Waals surface area contributed by atoms with Crippen molar-refractivity contribution in [1.29, 1.82) is 0 Å². The summed E-state index contributed by atoms with van der Waals surface area (Å²) in [5.41, 5.74) is 0.546. The number of aliphatic hydroxyl groups is 1. The summed E-state index contributed by atoms with van der Waals surface area (Å²) < 4.78 is 13.6. The number of carbonyl (C=O) groups is 1. The molecule has 1 rings (SSSR count). The Balaban J connectivity index is 2.97. The molecule has 5 heteroatoms. The maximum atomic E-state index is 13.6. The normalized spacial score (nSPS) is 14.1. The molecule has 2 N–H and O–H groups in total. The highest BCUT2D eigenvalue weighted by atomic mass is 32.2. The lowest BCUT2D eigenvalue weighted by molar-refractivity contribution is 0.101. The summed E-state index contributed by atoms with van der Waals surface area (Å²) in [6.07, 6.45) is 1.90. The van der Waals surface area contributed by atoms with Gasteiger partial charge in [0.2, 0.25) is 0 Å². The zero-order chi connectivity index (χ0) is 13.7. The first kappa shape index (κ1) is 15.0. The molecule has 0 unspecified atom stereocenters. The quantitative estimate of drug-likeness (QED) is 0.781. The van der Waals surface area contributed by atoms with E-state index in [1.807, 2.05) is 13.2 Å². The van der Waals surface area contributed by atoms with E-state index in [-0.39, 0.29) is 29.2 Å². The molecule has 0 aliphatic heterocycles. The SMILES string of the molecule is CS[C@H](CO)[C@H](C)Nc1cccc(F)c1C(C)=O. The Morgan fingerprint density at radius 2 is 2.22 bits per heavy atom. The van der Waals surface area contributed by atoms with Gasteiger partial charge >= 0.3 is 0 Å². The monoisotopic (exact) mass is 271 g/mol. The van der Waals surface area contributed by atoms with Crippen LogP contribution in [-0.4, -0.2) is 35.0 Å². The number of halogens is 1. The molecular weight excluding hydrogens is 253 g/mol. The molecule has 0 saturated heterocycles. The van der Waals surface area contributed by atoms with E-state index in [1.165, 1.54) is 24.8 Å². The second-order valence-corrected chi connectivity index (χ2v) is 5.19. The minimum absolute atomic E-state index is 0.00641. The molecule has 1 aromatic rings. The summed E-state index contributed by atoms with van der Waals surface area (Å²) in [6, 6.07) is 4.43. The molecule has 1 aromatic carbocycles. The summed E-state index contributed by atoms with van der Waals surface area (Å²) in [5, 5.41) is 12.3. The van der Waals surface area contributed by atoms with Gasteiger partial charge in [-0.25, -0.2) is 4.39 Å². The topological polar surface area (TPSA) is 49.3 Å². The summed E-state index contributed by atoms with van der Waals surface area (Å²) in [7, 11) is 0. The van der Waals surface area contributed by atoms with Crippen molar-refractivity contribution in [3.05, 3.63) is 29.6 Å². The highest BCUT2D eigenvalue weighted by Crippen LogP contribution is 2.22. The largest absolute Gasteiger partial charge is 0.395 e. The Morgan fingerprint density at radius 1 is 1.56 bits per heavy atom. The van der Waals surface area contributed by atoms with Crippen LogP contribution in [0.15, 0.2) is 18.2 Å². The number of nitrogens with one attached hydrogen (secondary N) is 1. The van der Waals surface area contributed by atoms with Gasteiger partial charge in [-0.1, -0.05) is 6.07 Å². The molecule has 2 atom stereocenters. The van der Waals surface area contributed by atoms with Crippen LogP contribution < -0.4 is 5.32 Å². The van der Waals surface area contributed by atoms with E-state index < -0.39 is 5.82 Å². The van der Waals surface area contributed by atoms with Gasteiger partial charge in [-0.2, -0.15) is 11.8 Å². The number of carbonyl (C=O) groups excluding carboxylic acids is 1. The van der Waals surface area contributed by atoms with Crippen LogP contribution in [0.25, 0.3) is 0 Å². The van der Waals surface area contributed by atoms with Crippen LogP contribution in [0.2, 0.25) is 0 Å². The third kappa shape index (κ3) is 3.46. The van der Waals surface area contributed by atoms with Gasteiger partial charge in [0.15, 0.2) is 5.78 Å². The Labute approximate surface area is 111 Å². The summed E-state index contributed by atoms with van der Waals surface area (Å²) >= 11 is 1.52. The van der Waals surface area contributed by atoms with E-state index in [0.717, 1.165) is 0 Å². The van der Waals surface area contributed by atoms with Crippen molar-refractivity contribution in [2.75, 3.05) is 18.2 Å². The highest BCUT2D eigenvalue weighted by molar-refractivity contribution is 7.99. The lowest BCUT2D eigenvalue weighted by Crippen LogP contribution is -2.31. The molecule has 0 aromatic heterocycles. The predicted molar refractivity (Wildman–Crippen MR) is 73.9 cm³/mol. The lowest BCUT2D eigenvalue weighted by Gasteiger charge is -2.23. The van der Waals surface area contributed by atoms with E-state index in [9.17, 15) is 14.3 Å². The molecule has 0 heterocycles. The van der Waals surface area contributed by atoms with Crippen molar-refractivity contribution < 1.29 is 14.3 Å². The average molecular weight is 271 g/mol. The van der Waals surface area contributed by atoms with Gasteiger partial charge in [0.25, 0.3) is 0 Å². The molecule has 0 saturated carbocycles. The van der Waals surface area contributed by atoms with Gasteiger partial charge in [-0.05, 0) is 32.2 Å². The number of hydrogen-bond acceptors (Lipinski definition) is 4. The van der Waals surface area contributed by atoms with Crippen molar-refractivity contribution in [2.24, 2.45) is 0 Å². The molecule has 0 spiro atoms. The van der Waals surface area contributed by atoms with E-state index in [2.05, 4.69) is 5.32 Å². The van der Waals surface area contributed by atoms with Crippen LogP contribution in [0.5, 0.6) is 0 Å². The second-order valence-electron chi connectivity index (χ2n) is 4.11. The van der Waals surface area contributed by atoms with Crippen LogP contribution in [-0.2, 0) is 0 Å². The minimum Gasteiger partial charge on any atom is -0.395 e. The first-order chi connectivity index (χ1) is 8.51. The summed E-state index contributed by atoms with van der Waals surface area (Å²) in [6.45, 7) is 3.26. The van der Waals surface area contributed by atoms with Crippen molar-refractivity contribution in [3.63, 3.8) is 0 Å². The Bertz CT molecular complexity index is 421. The third-order valence-corrected chi connectivity index (χ3v) is 3.95. The number of ketones is 1. The molecule has 0 amide bonds. The molecule has 0 bridgehead atoms. The van der Waals surface area contributed by atoms with E-state index in [1.54, 1.807) is 12.1 Å². The number of Topliss-reactive ketones (excluding diaryl/α,β-unsaturated/α-hetero) is 1. The number of benzene rings is 1. The van der Waals surface area contributed by atoms with E-state index >= 15 is 0 Å². The first-order valence-electron chi connectivity index (χ1n) is 5.70. The smallest absolute Gasteiger partial charge is 0.164 e. The fraction of sp³-hybridized carbons (Fsp3) is 0.462. The maximum absolute atomic E-state index is 13.6. The molecule has 3 nitrogen and oxygen atoms in total. The molecule has 0 aliphatic rings. The average Bonchev–Trinajstić information content (AvgIpc) is 2.30. The lowest BCUT2D eigenvalue weighted by atomic mass is 10.1. The maximum Gasteiger partial charge on any atom is 0.164 e. The van der Waals surface area contributed by atoms with Crippen LogP contribution >= 0.6 is 11.8 Å². The molecule has 0 radical (unpaired) electrons. The van der Waals surface area contributed by atoms with Crippen LogP contribution in [0.3, 0.4) is 0 Å². The number of aliphatic hydroxyl groups excluding tert-OH is 1. The van der Waals surface area contributed by atoms with Crippen molar-refractivity contribution in [3.8, 4) is 0 Å². The van der Waals surface area contributed by atoms with E-state index in [4.69, 9.17) is 0 Å². The Hall–Kier alpha value is -1.07. The second kappa shape index (κ2) is 6.75. The third-order valence-electron chi connectivity index (χ3n) is 2.79. The molecule has 100 valence electrons. The number of thioether (sulfide) groups is 1. The Morgan fingerprint density at radius 3 is 2.72 bits per heavy atom. The highest BCUT2D eigenvalue weighted by Gasteiger charge is 2.19. The Kier molecular flexibility index (Phi) is 5.62. The van der Waals surface area contributed by atoms with Gasteiger partial charge in [-0.15, -0.1) is 0 Å². The first-order valence-corrected chi connectivity index (χ1v) is 6.99. The van der Waals surface area contributed by atoms with Crippen LogP contribution in [0.4, 0.5) is 10.1 Å². The van der Waals surface area contributed by atoms with E-state index in [0.29, 0.717) is 5.69 Å². The van der Waals surface area contributed by atoms with Crippen LogP contribution in [0, 0.1) is 5.82 Å². The zero-order valence-corrected chi connectivity index (χ0v) is 11.6. The number of hydrogen-bond donors (Lipinski definition) is 2. The minimum atomic E-state index is -0.524. The van der Waals surface area contributed by atoms with Crippen molar-refractivity contribution >= 4 is 23.2 Å². The van der Waals surface area contributed by atoms with Gasteiger partial charge < -0.3 is 10.4 Å². The van der Waals surface area contributed by atoms with Crippen LogP contribution in [0.1, 0.15) is 24.2 Å². The summed E-state index contributed by atoms with van der Waals surface area (Å²) in [4.78, 5) is 11.4. The molecular formula is C13H18FNO2S. The van der Waals surface area contributed by atoms with Crippen molar-refractivity contribution in [1.82, 2.24) is 0 Å². The predicted octanol–water partition coefficient (Wildman–Crippen LogP) is 2.55. The fourth-order valence-corrected chi connectivity index (χ4v) is 2.40. The fourth-order valence-electron chi connectivity index (χ4n) is 1.78. The summed E-state index contributed by atoms with van der Waals surface area (Å²) in [5.74, 6) is -0.836. The van der Waals surface area contributed by atoms with Gasteiger partial charge in [0.05, 0.1) is 12.2 Å². The molecule has 0 fully saturated rings. The standard InChI is InChI=1S/C13H18FNO2S/c1-8(12(7-16)18-3)15-11-6-4-5-10(14)13(11)9(2)17/h4-6,8,12,15-16H,7H2,1-3H3/t8-,12+/m0/s1. The molecule has 0 aliphatic carbocycles.